The van der Waals surface area contributed by atoms with Gasteiger partial charge in [-0.3, -0.25) is 4.79 Å². The SMILES string of the molecule is C[C@@H](C(=O)O)N(C)C(=O)c1cc(F)c(N)cc1F. The molecule has 5 nitrogen and oxygen atoms in total. The van der Waals surface area contributed by atoms with Gasteiger partial charge >= 0.3 is 5.97 Å². The summed E-state index contributed by atoms with van der Waals surface area (Å²) in [6, 6.07) is 0.178. The number of nitrogens with two attached hydrogens (primary N) is 1. The van der Waals surface area contributed by atoms with Gasteiger partial charge in [0.05, 0.1) is 11.3 Å². The average Bonchev–Trinajstić information content (AvgIpc) is 2.30. The minimum Gasteiger partial charge on any atom is -0.480 e. The Morgan fingerprint density at radius 3 is 2.39 bits per heavy atom. The number of aliphatic carboxylic acids is 1. The maximum atomic E-state index is 13.5. The van der Waals surface area contributed by atoms with Crippen LogP contribution in [0.5, 0.6) is 0 Å². The van der Waals surface area contributed by atoms with E-state index in [0.717, 1.165) is 4.90 Å². The maximum Gasteiger partial charge on any atom is 0.326 e. The highest BCUT2D eigenvalue weighted by atomic mass is 19.1. The van der Waals surface area contributed by atoms with Gasteiger partial charge in [0.2, 0.25) is 0 Å². The molecule has 1 aromatic carbocycles. The molecular formula is C11H12F2N2O3. The van der Waals surface area contributed by atoms with Crippen LogP contribution in [0, 0.1) is 11.6 Å². The van der Waals surface area contributed by atoms with Gasteiger partial charge in [0.15, 0.2) is 0 Å². The lowest BCUT2D eigenvalue weighted by molar-refractivity contribution is -0.141. The lowest BCUT2D eigenvalue weighted by Gasteiger charge is -2.21. The van der Waals surface area contributed by atoms with Crippen molar-refractivity contribution in [1.29, 1.82) is 0 Å². The molecule has 3 N–H and O–H groups in total. The van der Waals surface area contributed by atoms with Crippen molar-refractivity contribution in [2.24, 2.45) is 0 Å². The van der Waals surface area contributed by atoms with Crippen LogP contribution in [-0.2, 0) is 4.79 Å². The van der Waals surface area contributed by atoms with Crippen LogP contribution in [0.2, 0.25) is 0 Å². The molecule has 7 heteroatoms. The molecule has 0 fully saturated rings. The zero-order chi connectivity index (χ0) is 14.0. The number of hydrogen-bond donors (Lipinski definition) is 2. The molecule has 0 unspecified atom stereocenters. The molecule has 0 aliphatic rings. The van der Waals surface area contributed by atoms with E-state index >= 15 is 0 Å². The Hall–Kier alpha value is -2.18. The number of benzene rings is 1. The lowest BCUT2D eigenvalue weighted by atomic mass is 10.1. The smallest absolute Gasteiger partial charge is 0.326 e. The van der Waals surface area contributed by atoms with E-state index in [1.807, 2.05) is 0 Å². The zero-order valence-corrected chi connectivity index (χ0v) is 9.78. The van der Waals surface area contributed by atoms with Gasteiger partial charge in [0, 0.05) is 13.1 Å². The minimum absolute atomic E-state index is 0.419. The van der Waals surface area contributed by atoms with Crippen molar-refractivity contribution in [3.63, 3.8) is 0 Å². The topological polar surface area (TPSA) is 83.6 Å². The Labute approximate surface area is 102 Å². The first-order valence-electron chi connectivity index (χ1n) is 5.00. The average molecular weight is 258 g/mol. The largest absolute Gasteiger partial charge is 0.480 e. The number of amides is 1. The number of rotatable bonds is 3. The van der Waals surface area contributed by atoms with Crippen molar-refractivity contribution in [2.75, 3.05) is 12.8 Å². The number of halogens is 2. The molecule has 0 aliphatic carbocycles. The van der Waals surface area contributed by atoms with E-state index in [4.69, 9.17) is 10.8 Å². The van der Waals surface area contributed by atoms with E-state index < -0.39 is 40.8 Å². The molecule has 0 radical (unpaired) electrons. The highest BCUT2D eigenvalue weighted by Gasteiger charge is 2.25. The molecule has 1 amide bonds. The van der Waals surface area contributed by atoms with Crippen LogP contribution in [0.25, 0.3) is 0 Å². The second-order valence-corrected chi connectivity index (χ2v) is 3.78. The Bertz CT molecular complexity index is 505. The predicted octanol–water partition coefficient (Wildman–Crippen LogP) is 1.09. The highest BCUT2D eigenvalue weighted by molar-refractivity contribution is 5.96. The summed E-state index contributed by atoms with van der Waals surface area (Å²) < 4.78 is 26.6. The van der Waals surface area contributed by atoms with Crippen LogP contribution in [0.15, 0.2) is 12.1 Å². The van der Waals surface area contributed by atoms with Gasteiger partial charge in [-0.25, -0.2) is 13.6 Å². The molecule has 1 atom stereocenters. The first-order chi connectivity index (χ1) is 8.25. The fourth-order valence-corrected chi connectivity index (χ4v) is 1.26. The summed E-state index contributed by atoms with van der Waals surface area (Å²) in [5.74, 6) is -4.11. The first kappa shape index (κ1) is 13.9. The molecule has 0 bridgehead atoms. The number of nitrogen functional groups attached to an aromatic ring is 1. The molecular weight excluding hydrogens is 246 g/mol. The molecule has 1 aromatic rings. The summed E-state index contributed by atoms with van der Waals surface area (Å²) in [5, 5.41) is 8.73. The number of carboxylic acids is 1. The van der Waals surface area contributed by atoms with Crippen molar-refractivity contribution >= 4 is 17.6 Å². The van der Waals surface area contributed by atoms with Gasteiger partial charge in [-0.2, -0.15) is 0 Å². The quantitative estimate of drug-likeness (QED) is 0.795. The summed E-state index contributed by atoms with van der Waals surface area (Å²) in [4.78, 5) is 23.3. The third kappa shape index (κ3) is 2.55. The summed E-state index contributed by atoms with van der Waals surface area (Å²) in [6.45, 7) is 1.26. The molecule has 0 aliphatic heterocycles. The highest BCUT2D eigenvalue weighted by Crippen LogP contribution is 2.18. The number of carboxylic acid groups (broad SMARTS) is 1. The van der Waals surface area contributed by atoms with Crippen LogP contribution >= 0.6 is 0 Å². The standard InChI is InChI=1S/C11H12F2N2O3/c1-5(11(17)18)15(2)10(16)6-3-8(13)9(14)4-7(6)12/h3-5H,14H2,1-2H3,(H,17,18)/t5-/m0/s1. The van der Waals surface area contributed by atoms with E-state index in [9.17, 15) is 18.4 Å². The predicted molar refractivity (Wildman–Crippen MR) is 60.0 cm³/mol. The first-order valence-corrected chi connectivity index (χ1v) is 5.00. The van der Waals surface area contributed by atoms with Crippen molar-refractivity contribution in [3.8, 4) is 0 Å². The van der Waals surface area contributed by atoms with E-state index in [0.29, 0.717) is 12.1 Å². The van der Waals surface area contributed by atoms with Crippen LogP contribution < -0.4 is 5.73 Å². The Balaban J connectivity index is 3.11. The van der Waals surface area contributed by atoms with Crippen molar-refractivity contribution in [2.45, 2.75) is 13.0 Å². The fourth-order valence-electron chi connectivity index (χ4n) is 1.26. The zero-order valence-electron chi connectivity index (χ0n) is 9.78. The molecule has 0 saturated heterocycles. The third-order valence-electron chi connectivity index (χ3n) is 2.58. The van der Waals surface area contributed by atoms with Gasteiger partial charge < -0.3 is 15.7 Å². The van der Waals surface area contributed by atoms with Gasteiger partial charge in [0.1, 0.15) is 17.7 Å². The number of hydrogen-bond acceptors (Lipinski definition) is 3. The molecule has 0 heterocycles. The Morgan fingerprint density at radius 2 is 1.89 bits per heavy atom. The van der Waals surface area contributed by atoms with E-state index in [-0.39, 0.29) is 0 Å². The fraction of sp³-hybridized carbons (Fsp3) is 0.273. The second-order valence-electron chi connectivity index (χ2n) is 3.78. The second kappa shape index (κ2) is 4.99. The van der Waals surface area contributed by atoms with Gasteiger partial charge in [0.25, 0.3) is 5.91 Å². The Kier molecular flexibility index (Phi) is 3.85. The Morgan fingerprint density at radius 1 is 1.33 bits per heavy atom. The lowest BCUT2D eigenvalue weighted by Crippen LogP contribution is -2.40. The monoisotopic (exact) mass is 258 g/mol. The van der Waals surface area contributed by atoms with Gasteiger partial charge in [-0.15, -0.1) is 0 Å². The molecule has 98 valence electrons. The number of carbonyl (C=O) groups excluding carboxylic acids is 1. The van der Waals surface area contributed by atoms with Crippen LogP contribution in [0.1, 0.15) is 17.3 Å². The van der Waals surface area contributed by atoms with E-state index in [1.165, 1.54) is 14.0 Å². The summed E-state index contributed by atoms with van der Waals surface area (Å²) in [5.41, 5.74) is 4.16. The van der Waals surface area contributed by atoms with Crippen molar-refractivity contribution in [3.05, 3.63) is 29.3 Å². The number of nitrogens with zero attached hydrogens (tertiary/aromatic N) is 1. The van der Waals surface area contributed by atoms with Crippen molar-refractivity contribution in [1.82, 2.24) is 4.90 Å². The molecule has 0 saturated carbocycles. The molecule has 0 spiro atoms. The van der Waals surface area contributed by atoms with E-state index in [2.05, 4.69) is 0 Å². The number of anilines is 1. The summed E-state index contributed by atoms with van der Waals surface area (Å²) in [7, 11) is 1.19. The van der Waals surface area contributed by atoms with Crippen LogP contribution in [-0.4, -0.2) is 35.0 Å². The number of carbonyl (C=O) groups is 2. The van der Waals surface area contributed by atoms with Crippen LogP contribution in [0.3, 0.4) is 0 Å². The third-order valence-corrected chi connectivity index (χ3v) is 2.58. The molecule has 1 rings (SSSR count). The summed E-state index contributed by atoms with van der Waals surface area (Å²) >= 11 is 0. The van der Waals surface area contributed by atoms with E-state index in [1.54, 1.807) is 0 Å². The van der Waals surface area contributed by atoms with Crippen LogP contribution in [0.4, 0.5) is 14.5 Å². The van der Waals surface area contributed by atoms with Crippen molar-refractivity contribution < 1.29 is 23.5 Å². The van der Waals surface area contributed by atoms with Gasteiger partial charge in [-0.1, -0.05) is 0 Å². The maximum absolute atomic E-state index is 13.5. The minimum atomic E-state index is -1.25. The number of likely N-dealkylation sites (N-methyl/N-ethyl adjacent to an activating group) is 1. The summed E-state index contributed by atoms with van der Waals surface area (Å²) in [6.07, 6.45) is 0. The normalized spacial score (nSPS) is 12.0. The van der Waals surface area contributed by atoms with Gasteiger partial charge in [-0.05, 0) is 13.0 Å². The molecule has 0 aromatic heterocycles. The molecule has 18 heavy (non-hydrogen) atoms.